The van der Waals surface area contributed by atoms with Crippen LogP contribution in [0.2, 0.25) is 0 Å². The number of hydrogen-bond acceptors (Lipinski definition) is 0. The van der Waals surface area contributed by atoms with Gasteiger partial charge >= 0.3 is 770 Å². The normalized spacial score (nSPS) is 18.9. The van der Waals surface area contributed by atoms with E-state index in [1.807, 2.05) is 0 Å². The van der Waals surface area contributed by atoms with Gasteiger partial charge < -0.3 is 0 Å². The zero-order chi connectivity index (χ0) is 46.2. The van der Waals surface area contributed by atoms with Crippen molar-refractivity contribution in [3.05, 3.63) is 0 Å². The van der Waals surface area contributed by atoms with Crippen LogP contribution in [0.25, 0.3) is 0 Å². The van der Waals surface area contributed by atoms with E-state index in [1.54, 1.807) is 0 Å². The molecule has 58 heavy (non-hydrogen) atoms. The molecule has 0 aliphatic heterocycles. The molecule has 406 valence electrons. The third kappa shape index (κ3) is 40.7. The Bertz CT molecular complexity index is 993. The molecular weight excluding hydrogens is 7250 g/mol. The first-order chi connectivity index (χ1) is 26.3. The molecule has 0 rings (SSSR count). The zero-order valence-electron chi connectivity index (χ0n) is 22.5. The van der Waals surface area contributed by atoms with Crippen molar-refractivity contribution in [1.29, 1.82) is 0 Å². The van der Waals surface area contributed by atoms with Gasteiger partial charge in [0.25, 0.3) is 0 Å². The summed E-state index contributed by atoms with van der Waals surface area (Å²) >= 11 is 95.5. The Labute approximate surface area is 724 Å². The van der Waals surface area contributed by atoms with Crippen molar-refractivity contribution < 1.29 is 0 Å². The van der Waals surface area contributed by atoms with Crippen LogP contribution in [0.5, 0.6) is 0 Å². The molecule has 0 aliphatic rings. The van der Waals surface area contributed by atoms with Gasteiger partial charge in [-0.05, 0) is 0 Å². The van der Waals surface area contributed by atoms with E-state index in [4.69, 9.17) is 0 Å². The van der Waals surface area contributed by atoms with E-state index < -0.39 is 225 Å². The minimum atomic E-state index is -0.598. The Morgan fingerprint density at radius 2 is 0.224 bits per heavy atom. The van der Waals surface area contributed by atoms with Gasteiger partial charge in [0.2, 0.25) is 0 Å². The van der Waals surface area contributed by atoms with Gasteiger partial charge in [-0.25, -0.2) is 0 Å². The summed E-state index contributed by atoms with van der Waals surface area (Å²) in [7, 11) is -14.9. The quantitative estimate of drug-likeness (QED) is 0.0568. The van der Waals surface area contributed by atoms with Crippen molar-refractivity contribution in [1.82, 2.24) is 0 Å². The van der Waals surface area contributed by atoms with E-state index in [2.05, 4.69) is 545 Å². The molecule has 0 aromatic carbocycles. The Morgan fingerprint density at radius 1 is 0.138 bits per heavy atom. The first-order valence-corrected chi connectivity index (χ1v) is 363. The van der Waals surface area contributed by atoms with E-state index in [9.17, 15) is 0 Å². The molecule has 0 fully saturated rings. The molecule has 0 aliphatic carbocycles. The van der Waals surface area contributed by atoms with Gasteiger partial charge in [-0.1, -0.05) is 0 Å². The Balaban J connectivity index is 5.65. The van der Waals surface area contributed by atoms with E-state index >= 15 is 0 Å². The molecule has 0 spiro atoms. The monoisotopic (exact) mass is 7250 g/mol. The molecule has 0 atom stereocenters. The first kappa shape index (κ1) is 99.6. The van der Waals surface area contributed by atoms with Crippen molar-refractivity contribution >= 4 is 765 Å². The summed E-state index contributed by atoms with van der Waals surface area (Å²) in [6.45, 7) is 0. The first-order valence-electron chi connectivity index (χ1n) is 8.38. The third-order valence-corrected chi connectivity index (χ3v) is 4410. The number of hydrogen-bond donors (Lipinski definition) is 0. The molecule has 0 amide bonds. The predicted molar refractivity (Wildman–Crippen MR) is 805 cm³/mol. The number of alkyl halides is 1. The number of rotatable bonds is 27. The summed E-state index contributed by atoms with van der Waals surface area (Å²) < 4.78 is 0. The molecule has 0 saturated carbocycles. The topological polar surface area (TPSA) is 0 Å². The predicted octanol–water partition coefficient (Wildman–Crippen LogP) is 50.7. The SMILES string of the molecule is CI(I)I(I)I(I)I(I)I(I)I(I)I(I)I(I)I(I)I(I)I(I)I(I)I(I)I(I)I(I)I(I)I(I)I(I)I(I)I(I)I(I)I(I)I(I)I(I)I(I)I(I)I(I)I(I)I. The van der Waals surface area contributed by atoms with Crippen molar-refractivity contribution in [3.8, 4) is 0 Å². The van der Waals surface area contributed by atoms with Gasteiger partial charge in [-0.2, -0.15) is 0 Å². The second kappa shape index (κ2) is 59.5. The van der Waals surface area contributed by atoms with E-state index in [1.165, 1.54) is 0 Å². The average Bonchev–Trinajstić information content (AvgIpc) is 3.21. The number of halogens is 57. The molecule has 0 bridgehead atoms. The van der Waals surface area contributed by atoms with E-state index in [0.717, 1.165) is 0 Å². The van der Waals surface area contributed by atoms with Crippen molar-refractivity contribution in [2.45, 2.75) is 0 Å². The van der Waals surface area contributed by atoms with Crippen LogP contribution in [0.3, 0.4) is 0 Å². The van der Waals surface area contributed by atoms with Crippen LogP contribution in [0.1, 0.15) is 0 Å². The maximum absolute atomic E-state index is 3.41. The summed E-state index contributed by atoms with van der Waals surface area (Å²) in [5.41, 5.74) is 0. The Morgan fingerprint density at radius 3 is 0.310 bits per heavy atom. The van der Waals surface area contributed by atoms with E-state index in [-0.39, 0.29) is 0 Å². The third-order valence-electron chi connectivity index (χ3n) is 2.27. The summed E-state index contributed by atoms with van der Waals surface area (Å²) in [6, 6.07) is 0. The fourth-order valence-corrected chi connectivity index (χ4v) is 10800. The summed E-state index contributed by atoms with van der Waals surface area (Å²) in [4.78, 5) is 2.75. The fraction of sp³-hybridized carbons (Fsp3) is 1.00. The second-order valence-corrected chi connectivity index (χ2v) is 1350. The molecule has 0 saturated heterocycles. The minimum absolute atomic E-state index is 0.458. The van der Waals surface area contributed by atoms with Gasteiger partial charge in [0.1, 0.15) is 0 Å². The van der Waals surface area contributed by atoms with Crippen LogP contribution in [-0.2, 0) is 0 Å². The molecular formula is CH3I57. The van der Waals surface area contributed by atoms with Gasteiger partial charge in [0, 0.05) is 0 Å². The van der Waals surface area contributed by atoms with Gasteiger partial charge in [-0.15, -0.1) is 0 Å². The molecule has 0 radical (unpaired) electrons. The van der Waals surface area contributed by atoms with Crippen LogP contribution in [0, 0.1) is 0 Å². The van der Waals surface area contributed by atoms with Crippen molar-refractivity contribution in [2.75, 3.05) is 4.93 Å². The van der Waals surface area contributed by atoms with Gasteiger partial charge in [0.15, 0.2) is 0 Å². The molecule has 0 aromatic rings. The average molecular weight is 7250 g/mol. The molecule has 0 aromatic heterocycles. The Kier molecular flexibility index (Phi) is 102. The van der Waals surface area contributed by atoms with Gasteiger partial charge in [0.05, 0.1) is 0 Å². The second-order valence-electron chi connectivity index (χ2n) is 4.71. The van der Waals surface area contributed by atoms with Crippen molar-refractivity contribution in [2.24, 2.45) is 0 Å². The van der Waals surface area contributed by atoms with Crippen LogP contribution >= 0.6 is 765 Å². The summed E-state index contributed by atoms with van der Waals surface area (Å²) in [6.07, 6.45) is 0. The van der Waals surface area contributed by atoms with Crippen LogP contribution in [0.4, 0.5) is 0 Å². The zero-order valence-corrected chi connectivity index (χ0v) is 146. The van der Waals surface area contributed by atoms with Gasteiger partial charge in [-0.3, -0.25) is 0 Å². The fourth-order valence-electron chi connectivity index (χ4n) is 0.828. The van der Waals surface area contributed by atoms with Crippen LogP contribution < -0.4 is 0 Å². The molecule has 0 heterocycles. The molecule has 0 unspecified atom stereocenters. The van der Waals surface area contributed by atoms with Crippen molar-refractivity contribution in [3.63, 3.8) is 0 Å². The van der Waals surface area contributed by atoms with Crippen LogP contribution in [-0.4, -0.2) is 4.93 Å². The molecule has 0 N–H and O–H groups in total. The van der Waals surface area contributed by atoms with Crippen LogP contribution in [0.15, 0.2) is 0 Å². The standard InChI is InChI=1S/CH3I57/c1-31(2)33(5)35(7)37(9)39(11)41(13)43(15)45(17)47(19)49(21)51(23)53(25)55(27)57(29)58(30)56(28)54(26)52(24)50(22)48(20)46(18)44(16)42(14)40(12)38(10)36(8)34(6)32(3)4/h1H3. The molecule has 0 nitrogen and oxygen atoms in total. The maximum atomic E-state index is 3.41. The molecule has 57 heteroatoms. The Hall–Kier alpha value is 41.6. The summed E-state index contributed by atoms with van der Waals surface area (Å²) in [5, 5.41) is 0. The summed E-state index contributed by atoms with van der Waals surface area (Å²) in [5.74, 6) is 0. The van der Waals surface area contributed by atoms with E-state index in [0.29, 0.717) is 0 Å².